The van der Waals surface area contributed by atoms with Crippen LogP contribution < -0.4 is 15.4 Å². The Kier molecular flexibility index (Phi) is 7.25. The number of guanidine groups is 1. The lowest BCUT2D eigenvalue weighted by atomic mass is 10.0. The van der Waals surface area contributed by atoms with E-state index in [9.17, 15) is 0 Å². The van der Waals surface area contributed by atoms with E-state index in [1.54, 1.807) is 0 Å². The second kappa shape index (κ2) is 10.1. The molecule has 0 bridgehead atoms. The topological polar surface area (TPSA) is 85.6 Å². The molecule has 3 rings (SSSR count). The number of nitrogens with zero attached hydrogens (tertiary/aromatic N) is 4. The summed E-state index contributed by atoms with van der Waals surface area (Å²) in [4.78, 5) is 4.74. The third-order valence-corrected chi connectivity index (χ3v) is 4.79. The zero-order chi connectivity index (χ0) is 19.8. The molecule has 1 atom stereocenters. The quantitative estimate of drug-likeness (QED) is 0.411. The van der Waals surface area contributed by atoms with Gasteiger partial charge >= 0.3 is 0 Å². The van der Waals surface area contributed by atoms with Crippen molar-refractivity contribution in [2.75, 3.05) is 26.4 Å². The molecule has 0 saturated carbocycles. The van der Waals surface area contributed by atoms with E-state index in [2.05, 4.69) is 26.9 Å². The molecule has 8 heteroatoms. The molecule has 1 aromatic carbocycles. The highest BCUT2D eigenvalue weighted by Crippen LogP contribution is 2.31. The van der Waals surface area contributed by atoms with E-state index >= 15 is 0 Å². The average molecular weight is 387 g/mol. The molecule has 0 saturated heterocycles. The Balaban J connectivity index is 1.69. The van der Waals surface area contributed by atoms with E-state index < -0.39 is 0 Å². The fraction of sp³-hybridized carbons (Fsp3) is 0.550. The second-order valence-electron chi connectivity index (χ2n) is 6.74. The Bertz CT molecular complexity index is 789. The molecule has 1 aliphatic rings. The normalized spacial score (nSPS) is 16.4. The summed E-state index contributed by atoms with van der Waals surface area (Å²) in [6, 6.07) is 8.31. The van der Waals surface area contributed by atoms with E-state index in [-0.39, 0.29) is 6.04 Å². The molecule has 0 spiro atoms. The Morgan fingerprint density at radius 2 is 2.21 bits per heavy atom. The zero-order valence-corrected chi connectivity index (χ0v) is 16.9. The van der Waals surface area contributed by atoms with Crippen LogP contribution in [0.25, 0.3) is 0 Å². The third-order valence-electron chi connectivity index (χ3n) is 4.79. The number of hydrogen-bond donors (Lipinski definition) is 2. The number of fused-ring (bicyclic) bond motifs is 1. The summed E-state index contributed by atoms with van der Waals surface area (Å²) in [6.45, 7) is 7.35. The van der Waals surface area contributed by atoms with Gasteiger partial charge in [0.15, 0.2) is 11.8 Å². The summed E-state index contributed by atoms with van der Waals surface area (Å²) in [6.07, 6.45) is 1.81. The van der Waals surface area contributed by atoms with Gasteiger partial charge in [0, 0.05) is 38.8 Å². The molecule has 0 radical (unpaired) electrons. The number of nitrogens with one attached hydrogen (secondary N) is 2. The molecule has 152 valence electrons. The summed E-state index contributed by atoms with van der Waals surface area (Å²) in [5.74, 6) is 3.41. The Labute approximate surface area is 166 Å². The Morgan fingerprint density at radius 3 is 3.00 bits per heavy atom. The predicted octanol–water partition coefficient (Wildman–Crippen LogP) is 2.11. The third kappa shape index (κ3) is 5.22. The van der Waals surface area contributed by atoms with Gasteiger partial charge in [-0.2, -0.15) is 0 Å². The van der Waals surface area contributed by atoms with E-state index in [0.29, 0.717) is 13.2 Å². The minimum absolute atomic E-state index is 0.157. The highest BCUT2D eigenvalue weighted by Gasteiger charge is 2.22. The molecule has 1 aromatic heterocycles. The molecule has 1 aliphatic heterocycles. The number of benzene rings is 1. The van der Waals surface area contributed by atoms with Gasteiger partial charge in [0.1, 0.15) is 18.1 Å². The van der Waals surface area contributed by atoms with Crippen molar-refractivity contribution < 1.29 is 9.47 Å². The number of aryl methyl sites for hydroxylation is 1. The van der Waals surface area contributed by atoms with Gasteiger partial charge in [-0.05, 0) is 26.3 Å². The first-order valence-corrected chi connectivity index (χ1v) is 9.88. The predicted molar refractivity (Wildman–Crippen MR) is 108 cm³/mol. The Morgan fingerprint density at radius 1 is 1.36 bits per heavy atom. The molecule has 2 heterocycles. The first-order valence-electron chi connectivity index (χ1n) is 9.88. The number of aromatic nitrogens is 3. The van der Waals surface area contributed by atoms with Crippen LogP contribution in [0.1, 0.15) is 43.0 Å². The summed E-state index contributed by atoms with van der Waals surface area (Å²) >= 11 is 0. The maximum atomic E-state index is 5.77. The molecule has 8 nitrogen and oxygen atoms in total. The molecule has 28 heavy (non-hydrogen) atoms. The van der Waals surface area contributed by atoms with Crippen molar-refractivity contribution in [3.8, 4) is 5.75 Å². The maximum absolute atomic E-state index is 5.77. The van der Waals surface area contributed by atoms with Crippen molar-refractivity contribution in [2.45, 2.75) is 39.3 Å². The summed E-state index contributed by atoms with van der Waals surface area (Å²) in [5.41, 5.74) is 1.16. The van der Waals surface area contributed by atoms with Gasteiger partial charge in [0.25, 0.3) is 0 Å². The molecule has 0 fully saturated rings. The minimum Gasteiger partial charge on any atom is -0.493 e. The molecule has 0 aliphatic carbocycles. The van der Waals surface area contributed by atoms with Crippen LogP contribution in [0.5, 0.6) is 5.75 Å². The molecule has 1 unspecified atom stereocenters. The lowest BCUT2D eigenvalue weighted by Crippen LogP contribution is -2.41. The summed E-state index contributed by atoms with van der Waals surface area (Å²) < 4.78 is 13.1. The van der Waals surface area contributed by atoms with E-state index in [1.807, 2.05) is 43.7 Å². The van der Waals surface area contributed by atoms with Crippen LogP contribution in [0.4, 0.5) is 0 Å². The van der Waals surface area contributed by atoms with Gasteiger partial charge in [-0.25, -0.2) is 4.99 Å². The standard InChI is InChI=1S/C20H30N6O2/c1-4-27-12-7-11-21-20(22-14-19-25-24-15(2)26(19)3)23-17-10-13-28-18-9-6-5-8-16(17)18/h5-6,8-9,17H,4,7,10-14H2,1-3H3,(H2,21,22,23). The van der Waals surface area contributed by atoms with Crippen LogP contribution in [0, 0.1) is 6.92 Å². The fourth-order valence-corrected chi connectivity index (χ4v) is 3.07. The van der Waals surface area contributed by atoms with Gasteiger partial charge < -0.3 is 24.7 Å². The Hall–Kier alpha value is -2.61. The molecule has 0 amide bonds. The van der Waals surface area contributed by atoms with Gasteiger partial charge in [0.2, 0.25) is 0 Å². The van der Waals surface area contributed by atoms with Crippen LogP contribution >= 0.6 is 0 Å². The van der Waals surface area contributed by atoms with Crippen LogP contribution in [0.3, 0.4) is 0 Å². The van der Waals surface area contributed by atoms with Crippen molar-refractivity contribution >= 4 is 5.96 Å². The fourth-order valence-electron chi connectivity index (χ4n) is 3.07. The highest BCUT2D eigenvalue weighted by atomic mass is 16.5. The van der Waals surface area contributed by atoms with Crippen LogP contribution in [0.15, 0.2) is 29.3 Å². The van der Waals surface area contributed by atoms with E-state index in [0.717, 1.165) is 61.5 Å². The average Bonchev–Trinajstić information content (AvgIpc) is 3.04. The smallest absolute Gasteiger partial charge is 0.192 e. The number of hydrogen-bond acceptors (Lipinski definition) is 5. The zero-order valence-electron chi connectivity index (χ0n) is 16.9. The largest absolute Gasteiger partial charge is 0.493 e. The van der Waals surface area contributed by atoms with E-state index in [4.69, 9.17) is 14.5 Å². The van der Waals surface area contributed by atoms with E-state index in [1.165, 1.54) is 0 Å². The highest BCUT2D eigenvalue weighted by molar-refractivity contribution is 5.80. The van der Waals surface area contributed by atoms with Crippen molar-refractivity contribution in [2.24, 2.45) is 12.0 Å². The summed E-state index contributed by atoms with van der Waals surface area (Å²) in [5, 5.41) is 15.3. The SMILES string of the molecule is CCOCCCNC(=NCc1nnc(C)n1C)NC1CCOc2ccccc21. The lowest BCUT2D eigenvalue weighted by Gasteiger charge is -2.28. The number of aliphatic imine (C=N–C) groups is 1. The van der Waals surface area contributed by atoms with Gasteiger partial charge in [0.05, 0.1) is 12.6 Å². The van der Waals surface area contributed by atoms with Gasteiger partial charge in [-0.3, -0.25) is 0 Å². The number of para-hydroxylation sites is 1. The number of ether oxygens (including phenoxy) is 2. The van der Waals surface area contributed by atoms with Crippen LogP contribution in [-0.2, 0) is 18.3 Å². The van der Waals surface area contributed by atoms with Crippen molar-refractivity contribution in [3.05, 3.63) is 41.5 Å². The lowest BCUT2D eigenvalue weighted by molar-refractivity contribution is 0.145. The molecular weight excluding hydrogens is 356 g/mol. The van der Waals surface area contributed by atoms with Crippen molar-refractivity contribution in [1.29, 1.82) is 0 Å². The molecule has 2 N–H and O–H groups in total. The minimum atomic E-state index is 0.157. The summed E-state index contributed by atoms with van der Waals surface area (Å²) in [7, 11) is 1.96. The number of rotatable bonds is 8. The van der Waals surface area contributed by atoms with Crippen molar-refractivity contribution in [1.82, 2.24) is 25.4 Å². The van der Waals surface area contributed by atoms with Crippen LogP contribution in [0.2, 0.25) is 0 Å². The van der Waals surface area contributed by atoms with Crippen molar-refractivity contribution in [3.63, 3.8) is 0 Å². The monoisotopic (exact) mass is 386 g/mol. The second-order valence-corrected chi connectivity index (χ2v) is 6.74. The van der Waals surface area contributed by atoms with Gasteiger partial charge in [-0.15, -0.1) is 10.2 Å². The molecule has 2 aromatic rings. The first kappa shape index (κ1) is 20.1. The van der Waals surface area contributed by atoms with Gasteiger partial charge in [-0.1, -0.05) is 18.2 Å². The van der Waals surface area contributed by atoms with Crippen LogP contribution in [-0.4, -0.2) is 47.1 Å². The first-order chi connectivity index (χ1) is 13.7. The molecular formula is C20H30N6O2. The maximum Gasteiger partial charge on any atom is 0.192 e.